The Kier molecular flexibility index (Phi) is 49.5. The van der Waals surface area contributed by atoms with Gasteiger partial charge in [-0.2, -0.15) is 12.2 Å². The van der Waals surface area contributed by atoms with Gasteiger partial charge in [0.15, 0.2) is 0 Å². The van der Waals surface area contributed by atoms with E-state index in [9.17, 15) is 0 Å². The molecular formula is C10H13Cl3Zr2. The van der Waals surface area contributed by atoms with Crippen molar-refractivity contribution in [3.05, 3.63) is 48.6 Å². The molecule has 0 unspecified atom stereocenters. The van der Waals surface area contributed by atoms with Crippen molar-refractivity contribution in [3.8, 4) is 0 Å². The van der Waals surface area contributed by atoms with Crippen LogP contribution >= 0.6 is 0 Å². The van der Waals surface area contributed by atoms with Crippen LogP contribution in [0.5, 0.6) is 0 Å². The van der Waals surface area contributed by atoms with E-state index in [0.29, 0.717) is 0 Å². The van der Waals surface area contributed by atoms with E-state index in [0.717, 1.165) is 12.8 Å². The molecule has 0 saturated carbocycles. The number of halogens is 3. The van der Waals surface area contributed by atoms with E-state index in [-0.39, 0.29) is 93.9 Å². The standard InChI is InChI=1S/2C5H5.3ClH.2Zr.3H/c2*1-2-4-5-3-1;;;;;;;;/h2*1-3H,4H2;3*1H;;;;;/q2*-1;;;;2*+4;3*-1/p-3. The monoisotopic (exact) mass is 418 g/mol. The summed E-state index contributed by atoms with van der Waals surface area (Å²) in [7, 11) is 0. The molecular weight excluding hydrogens is 409 g/mol. The van der Waals surface area contributed by atoms with Gasteiger partial charge in [-0.05, 0) is 0 Å². The average molecular weight is 422 g/mol. The molecule has 0 amide bonds. The normalized spacial score (nSPS) is 11.7. The van der Waals surface area contributed by atoms with Crippen molar-refractivity contribution in [1.82, 2.24) is 0 Å². The van der Waals surface area contributed by atoms with Crippen molar-refractivity contribution in [1.29, 1.82) is 0 Å². The first-order chi connectivity index (χ1) is 5.00. The van der Waals surface area contributed by atoms with E-state index in [4.69, 9.17) is 0 Å². The van der Waals surface area contributed by atoms with Crippen LogP contribution in [0.3, 0.4) is 0 Å². The van der Waals surface area contributed by atoms with Crippen LogP contribution in [0.15, 0.2) is 36.5 Å². The van der Waals surface area contributed by atoms with Gasteiger partial charge in [-0.3, -0.25) is 12.2 Å². The molecule has 5 heteroatoms. The third-order valence-corrected chi connectivity index (χ3v) is 1.17. The van der Waals surface area contributed by atoms with Crippen LogP contribution in [-0.4, -0.2) is 0 Å². The van der Waals surface area contributed by atoms with E-state index >= 15 is 0 Å². The molecule has 2 aliphatic carbocycles. The SMILES string of the molecule is [C-]1=CC=CC1.[C-]1=CC=CC1.[Cl-].[Cl-].[Cl-].[H-].[H-].[H-].[Zr+4].[Zr+4]. The number of rotatable bonds is 0. The Morgan fingerprint density at radius 1 is 0.733 bits per heavy atom. The van der Waals surface area contributed by atoms with Gasteiger partial charge in [-0.1, -0.05) is 0 Å². The molecule has 0 spiro atoms. The molecule has 0 aromatic heterocycles. The predicted octanol–water partition coefficient (Wildman–Crippen LogP) is -6.04. The first-order valence-electron chi connectivity index (χ1n) is 3.43. The van der Waals surface area contributed by atoms with Gasteiger partial charge < -0.3 is 41.5 Å². The number of hydrogen-bond acceptors (Lipinski definition) is 0. The van der Waals surface area contributed by atoms with Crippen LogP contribution in [0.4, 0.5) is 0 Å². The zero-order valence-corrected chi connectivity index (χ0v) is 15.2. The van der Waals surface area contributed by atoms with Crippen molar-refractivity contribution >= 4 is 0 Å². The Bertz CT molecular complexity index is 169. The second-order valence-electron chi connectivity index (χ2n) is 2.01. The van der Waals surface area contributed by atoms with Gasteiger partial charge in [0.25, 0.3) is 0 Å². The molecule has 0 atom stereocenters. The quantitative estimate of drug-likeness (QED) is 0.342. The van der Waals surface area contributed by atoms with Crippen LogP contribution in [0.1, 0.15) is 17.1 Å². The maximum Gasteiger partial charge on any atom is 4.00 e. The second kappa shape index (κ2) is 24.7. The van der Waals surface area contributed by atoms with Crippen LogP contribution in [-0.2, 0) is 52.4 Å². The minimum absolute atomic E-state index is 0. The molecule has 0 nitrogen and oxygen atoms in total. The van der Waals surface area contributed by atoms with Crippen molar-refractivity contribution in [2.45, 2.75) is 12.8 Å². The molecule has 2 rings (SSSR count). The van der Waals surface area contributed by atoms with Gasteiger partial charge in [-0.15, -0.1) is 12.8 Å². The van der Waals surface area contributed by atoms with Gasteiger partial charge in [0.2, 0.25) is 0 Å². The largest absolute Gasteiger partial charge is 4.00 e. The summed E-state index contributed by atoms with van der Waals surface area (Å²) in [6.45, 7) is 0. The van der Waals surface area contributed by atoms with Gasteiger partial charge in [0.05, 0.1) is 0 Å². The van der Waals surface area contributed by atoms with E-state index < -0.39 is 0 Å². The van der Waals surface area contributed by atoms with E-state index in [1.54, 1.807) is 0 Å². The summed E-state index contributed by atoms with van der Waals surface area (Å²) in [5, 5.41) is 0. The fourth-order valence-corrected chi connectivity index (χ4v) is 0.680. The maximum atomic E-state index is 2.99. The second-order valence-corrected chi connectivity index (χ2v) is 2.01. The summed E-state index contributed by atoms with van der Waals surface area (Å²) in [4.78, 5) is 0. The Morgan fingerprint density at radius 2 is 1.07 bits per heavy atom. The average Bonchev–Trinajstić information content (AvgIpc) is 2.67. The molecule has 0 N–H and O–H groups in total. The van der Waals surface area contributed by atoms with E-state index in [1.807, 2.05) is 24.3 Å². The first-order valence-corrected chi connectivity index (χ1v) is 3.43. The van der Waals surface area contributed by atoms with Crippen LogP contribution in [0, 0.1) is 12.2 Å². The van der Waals surface area contributed by atoms with Crippen LogP contribution in [0.2, 0.25) is 0 Å². The molecule has 0 heterocycles. The molecule has 82 valence electrons. The molecule has 15 heavy (non-hydrogen) atoms. The van der Waals surface area contributed by atoms with Crippen molar-refractivity contribution in [2.24, 2.45) is 0 Å². The smallest absolute Gasteiger partial charge is 1.00 e. The Hall–Kier alpha value is 1.60. The molecule has 0 aromatic carbocycles. The van der Waals surface area contributed by atoms with Crippen molar-refractivity contribution < 1.29 is 93.9 Å². The summed E-state index contributed by atoms with van der Waals surface area (Å²) < 4.78 is 0. The third-order valence-electron chi connectivity index (χ3n) is 1.17. The summed E-state index contributed by atoms with van der Waals surface area (Å²) in [6.07, 6.45) is 20.0. The molecule has 0 bridgehead atoms. The number of hydrogen-bond donors (Lipinski definition) is 0. The van der Waals surface area contributed by atoms with Gasteiger partial charge in [0, 0.05) is 0 Å². The van der Waals surface area contributed by atoms with Crippen LogP contribution < -0.4 is 37.2 Å². The van der Waals surface area contributed by atoms with Crippen LogP contribution in [0.25, 0.3) is 0 Å². The minimum Gasteiger partial charge on any atom is -1.00 e. The van der Waals surface area contributed by atoms with Crippen molar-refractivity contribution in [3.63, 3.8) is 0 Å². The number of allylic oxidation sites excluding steroid dienone is 8. The summed E-state index contributed by atoms with van der Waals surface area (Å²) in [6, 6.07) is 0. The molecule has 0 fully saturated rings. The molecule has 0 saturated heterocycles. The first kappa shape index (κ1) is 30.0. The Labute approximate surface area is 154 Å². The minimum atomic E-state index is 0. The summed E-state index contributed by atoms with van der Waals surface area (Å²) in [5.74, 6) is 0. The molecule has 0 radical (unpaired) electrons. The molecule has 0 aliphatic heterocycles. The Balaban J connectivity index is -0.0000000128. The van der Waals surface area contributed by atoms with Gasteiger partial charge >= 0.3 is 52.4 Å². The zero-order valence-electron chi connectivity index (χ0n) is 11.0. The van der Waals surface area contributed by atoms with Gasteiger partial charge in [-0.25, -0.2) is 24.3 Å². The Morgan fingerprint density at radius 3 is 1.13 bits per heavy atom. The third kappa shape index (κ3) is 21.4. The van der Waals surface area contributed by atoms with Crippen molar-refractivity contribution in [2.75, 3.05) is 0 Å². The summed E-state index contributed by atoms with van der Waals surface area (Å²) >= 11 is 0. The van der Waals surface area contributed by atoms with Gasteiger partial charge in [0.1, 0.15) is 0 Å². The predicted molar refractivity (Wildman–Crippen MR) is 46.5 cm³/mol. The van der Waals surface area contributed by atoms with E-state index in [1.165, 1.54) is 0 Å². The summed E-state index contributed by atoms with van der Waals surface area (Å²) in [5.41, 5.74) is 0. The topological polar surface area (TPSA) is 0 Å². The molecule has 0 aromatic rings. The molecule has 2 aliphatic rings. The maximum absolute atomic E-state index is 2.99. The zero-order chi connectivity index (χ0) is 7.07. The fourth-order valence-electron chi connectivity index (χ4n) is 0.680. The fraction of sp³-hybridized carbons (Fsp3) is 0.200. The van der Waals surface area contributed by atoms with E-state index in [2.05, 4.69) is 24.3 Å².